The Morgan fingerprint density at radius 1 is 1.23 bits per heavy atom. The van der Waals surface area contributed by atoms with Gasteiger partial charge in [0.2, 0.25) is 5.91 Å². The number of ketones is 1. The lowest BCUT2D eigenvalue weighted by molar-refractivity contribution is -0.140. The normalized spacial score (nSPS) is 13.0. The highest BCUT2D eigenvalue weighted by atomic mass is 16.4. The van der Waals surface area contributed by atoms with Crippen LogP contribution >= 0.6 is 0 Å². The van der Waals surface area contributed by atoms with Gasteiger partial charge in [0.15, 0.2) is 11.6 Å². The van der Waals surface area contributed by atoms with Crippen molar-refractivity contribution in [1.82, 2.24) is 24.8 Å². The quantitative estimate of drug-likeness (QED) is 0.113. The van der Waals surface area contributed by atoms with Crippen molar-refractivity contribution in [3.8, 4) is 0 Å². The third-order valence-corrected chi connectivity index (χ3v) is 5.86. The van der Waals surface area contributed by atoms with Gasteiger partial charge in [-0.05, 0) is 32.5 Å². The van der Waals surface area contributed by atoms with E-state index in [9.17, 15) is 24.3 Å². The van der Waals surface area contributed by atoms with Crippen LogP contribution in [-0.2, 0) is 20.8 Å². The van der Waals surface area contributed by atoms with Gasteiger partial charge < -0.3 is 26.4 Å². The molecular formula is C25H34N8O6. The molecule has 0 saturated carbocycles. The topological polar surface area (TPSA) is 203 Å². The van der Waals surface area contributed by atoms with Crippen LogP contribution in [0, 0.1) is 5.41 Å². The number of carbonyl (C=O) groups excluding carboxylic acids is 2. The van der Waals surface area contributed by atoms with Crippen LogP contribution in [-0.4, -0.2) is 91.6 Å². The number of aromatic nitrogens is 3. The lowest BCUT2D eigenvalue weighted by atomic mass is 10.1. The summed E-state index contributed by atoms with van der Waals surface area (Å²) in [6, 6.07) is 3.18. The van der Waals surface area contributed by atoms with Gasteiger partial charge >= 0.3 is 5.97 Å². The van der Waals surface area contributed by atoms with E-state index in [-0.39, 0.29) is 36.8 Å². The summed E-state index contributed by atoms with van der Waals surface area (Å²) in [6.07, 6.45) is 4.42. The number of carboxylic acid groups (broad SMARTS) is 1. The number of rotatable bonds is 16. The SMILES string of the molecule is CCC(C(=O)NC(CC(=O)O)C(=O)CN(C)CCc1ccccn1)n1ccnc(NC/C(=N/O)C(C)=N)c1=O. The van der Waals surface area contributed by atoms with Crippen molar-refractivity contribution in [2.24, 2.45) is 5.16 Å². The first-order chi connectivity index (χ1) is 18.6. The molecule has 2 aromatic heterocycles. The Kier molecular flexibility index (Phi) is 11.9. The Balaban J connectivity index is 2.13. The molecule has 1 amide bonds. The number of carboxylic acids is 1. The van der Waals surface area contributed by atoms with Crippen LogP contribution in [0.25, 0.3) is 0 Å². The summed E-state index contributed by atoms with van der Waals surface area (Å²) in [7, 11) is 1.72. The van der Waals surface area contributed by atoms with Crippen molar-refractivity contribution in [3.05, 3.63) is 52.8 Å². The molecule has 0 aromatic carbocycles. The van der Waals surface area contributed by atoms with Crippen molar-refractivity contribution in [2.45, 2.75) is 45.2 Å². The Labute approximate surface area is 225 Å². The van der Waals surface area contributed by atoms with Crippen molar-refractivity contribution in [3.63, 3.8) is 0 Å². The van der Waals surface area contributed by atoms with Crippen LogP contribution in [0.5, 0.6) is 0 Å². The van der Waals surface area contributed by atoms with E-state index in [4.69, 9.17) is 10.6 Å². The zero-order valence-electron chi connectivity index (χ0n) is 22.1. The van der Waals surface area contributed by atoms with Crippen molar-refractivity contribution < 1.29 is 24.7 Å². The molecule has 2 heterocycles. The number of aliphatic carboxylic acids is 1. The maximum Gasteiger partial charge on any atom is 0.305 e. The minimum absolute atomic E-state index is 0.00332. The molecule has 14 heteroatoms. The average Bonchev–Trinajstić information content (AvgIpc) is 2.89. The molecule has 0 aliphatic carbocycles. The van der Waals surface area contributed by atoms with Gasteiger partial charge in [0.25, 0.3) is 5.56 Å². The zero-order valence-corrected chi connectivity index (χ0v) is 22.1. The van der Waals surface area contributed by atoms with E-state index in [0.29, 0.717) is 13.0 Å². The molecule has 0 aliphatic rings. The number of nitrogens with one attached hydrogen (secondary N) is 3. The van der Waals surface area contributed by atoms with Gasteiger partial charge in [0, 0.05) is 37.3 Å². The number of oxime groups is 1. The lowest BCUT2D eigenvalue weighted by Gasteiger charge is -2.24. The van der Waals surface area contributed by atoms with E-state index in [1.807, 2.05) is 12.1 Å². The average molecular weight is 543 g/mol. The van der Waals surface area contributed by atoms with Crippen molar-refractivity contribution in [1.29, 1.82) is 5.41 Å². The molecule has 14 nitrogen and oxygen atoms in total. The molecule has 0 radical (unpaired) electrons. The van der Waals surface area contributed by atoms with Crippen LogP contribution < -0.4 is 16.2 Å². The Bertz CT molecular complexity index is 1250. The molecule has 2 aromatic rings. The predicted octanol–water partition coefficient (Wildman–Crippen LogP) is 0.574. The molecule has 2 unspecified atom stereocenters. The fourth-order valence-corrected chi connectivity index (χ4v) is 3.70. The van der Waals surface area contributed by atoms with Gasteiger partial charge in [0.1, 0.15) is 11.8 Å². The molecule has 5 N–H and O–H groups in total. The smallest absolute Gasteiger partial charge is 0.305 e. The van der Waals surface area contributed by atoms with Gasteiger partial charge in [-0.2, -0.15) is 0 Å². The second kappa shape index (κ2) is 15.1. The van der Waals surface area contributed by atoms with E-state index in [1.165, 1.54) is 19.3 Å². The summed E-state index contributed by atoms with van der Waals surface area (Å²) in [5.74, 6) is -2.57. The van der Waals surface area contributed by atoms with E-state index in [2.05, 4.69) is 25.8 Å². The number of anilines is 1. The van der Waals surface area contributed by atoms with Crippen molar-refractivity contribution in [2.75, 3.05) is 32.0 Å². The molecule has 0 fully saturated rings. The molecule has 0 spiro atoms. The second-order valence-corrected chi connectivity index (χ2v) is 8.87. The van der Waals surface area contributed by atoms with Gasteiger partial charge in [0.05, 0.1) is 31.3 Å². The zero-order chi connectivity index (χ0) is 28.9. The summed E-state index contributed by atoms with van der Waals surface area (Å²) < 4.78 is 1.12. The van der Waals surface area contributed by atoms with E-state index in [0.717, 1.165) is 10.3 Å². The fourth-order valence-electron chi connectivity index (χ4n) is 3.70. The van der Waals surface area contributed by atoms with Crippen molar-refractivity contribution >= 4 is 34.9 Å². The number of amides is 1. The summed E-state index contributed by atoms with van der Waals surface area (Å²) in [5, 5.41) is 34.1. The summed E-state index contributed by atoms with van der Waals surface area (Å²) in [4.78, 5) is 60.5. The molecule has 2 atom stereocenters. The predicted molar refractivity (Wildman–Crippen MR) is 144 cm³/mol. The highest BCUT2D eigenvalue weighted by molar-refractivity contribution is 6.41. The number of hydrogen-bond donors (Lipinski definition) is 5. The summed E-state index contributed by atoms with van der Waals surface area (Å²) in [5.41, 5.74) is 0.178. The largest absolute Gasteiger partial charge is 0.481 e. The lowest BCUT2D eigenvalue weighted by Crippen LogP contribution is -2.49. The Morgan fingerprint density at radius 3 is 2.56 bits per heavy atom. The first kappa shape index (κ1) is 30.8. The number of Topliss-reactive ketones (excluding diaryl/α,β-unsaturated/α-hetero) is 1. The number of nitrogens with zero attached hydrogens (tertiary/aromatic N) is 5. The van der Waals surface area contributed by atoms with Crippen LogP contribution in [0.2, 0.25) is 0 Å². The van der Waals surface area contributed by atoms with E-state index < -0.39 is 41.7 Å². The maximum atomic E-state index is 13.2. The molecule has 0 aliphatic heterocycles. The highest BCUT2D eigenvalue weighted by Gasteiger charge is 2.29. The highest BCUT2D eigenvalue weighted by Crippen LogP contribution is 2.11. The summed E-state index contributed by atoms with van der Waals surface area (Å²) in [6.45, 7) is 3.34. The Morgan fingerprint density at radius 2 is 1.97 bits per heavy atom. The van der Waals surface area contributed by atoms with E-state index >= 15 is 0 Å². The van der Waals surface area contributed by atoms with Gasteiger partial charge in [-0.25, -0.2) is 4.98 Å². The third kappa shape index (κ3) is 9.41. The first-order valence-electron chi connectivity index (χ1n) is 12.3. The second-order valence-electron chi connectivity index (χ2n) is 8.87. The molecule has 2 rings (SSSR count). The van der Waals surface area contributed by atoms with Gasteiger partial charge in [-0.1, -0.05) is 18.1 Å². The maximum absolute atomic E-state index is 13.2. The van der Waals surface area contributed by atoms with Gasteiger partial charge in [-0.15, -0.1) is 0 Å². The monoisotopic (exact) mass is 542 g/mol. The third-order valence-electron chi connectivity index (χ3n) is 5.86. The minimum atomic E-state index is -1.30. The molecule has 210 valence electrons. The van der Waals surface area contributed by atoms with Gasteiger partial charge in [-0.3, -0.25) is 33.6 Å². The molecular weight excluding hydrogens is 508 g/mol. The molecule has 39 heavy (non-hydrogen) atoms. The van der Waals surface area contributed by atoms with Crippen LogP contribution in [0.1, 0.15) is 38.4 Å². The number of carbonyl (C=O) groups is 3. The van der Waals surface area contributed by atoms with Crippen LogP contribution in [0.3, 0.4) is 0 Å². The minimum Gasteiger partial charge on any atom is -0.481 e. The first-order valence-corrected chi connectivity index (χ1v) is 12.3. The number of pyridine rings is 1. The molecule has 0 bridgehead atoms. The Hall–Kier alpha value is -4.46. The van der Waals surface area contributed by atoms with Crippen LogP contribution in [0.4, 0.5) is 5.82 Å². The summed E-state index contributed by atoms with van der Waals surface area (Å²) >= 11 is 0. The van der Waals surface area contributed by atoms with Crippen LogP contribution in [0.15, 0.2) is 46.7 Å². The standard InChI is InChI=1S/C25H34N8O6/c1-4-20(33-12-10-28-23(25(33)38)29-14-19(31-39)16(2)26)24(37)30-18(13-22(35)36)21(34)15-32(3)11-8-17-7-5-6-9-27-17/h5-7,9-10,12,18,20,26,39H,4,8,11,13-15H2,1-3H3,(H,28,29)(H,30,37)(H,35,36)/b26-16?,31-19-. The molecule has 0 saturated heterocycles. The number of likely N-dealkylation sites (N-methyl/N-ethyl adjacent to an activating group) is 1. The van der Waals surface area contributed by atoms with E-state index in [1.54, 1.807) is 31.1 Å². The fraction of sp³-hybridized carbons (Fsp3) is 0.440. The number of hydrogen-bond acceptors (Lipinski definition) is 11.